The Hall–Kier alpha value is -1.28. The van der Waals surface area contributed by atoms with Gasteiger partial charge in [0.05, 0.1) is 6.61 Å². The van der Waals surface area contributed by atoms with Crippen molar-refractivity contribution in [1.29, 1.82) is 0 Å². The minimum absolute atomic E-state index is 0.252. The molecule has 128 valence electrons. The first-order valence-corrected chi connectivity index (χ1v) is 8.54. The van der Waals surface area contributed by atoms with Crippen LogP contribution in [0.25, 0.3) is 0 Å². The van der Waals surface area contributed by atoms with Crippen LogP contribution in [0.3, 0.4) is 0 Å². The topological polar surface area (TPSA) is 59.0 Å². The third-order valence-corrected chi connectivity index (χ3v) is 4.77. The highest BCUT2D eigenvalue weighted by atomic mass is 16.3. The molecule has 3 rings (SSSR count). The van der Waals surface area contributed by atoms with E-state index in [0.717, 1.165) is 71.4 Å². The summed E-state index contributed by atoms with van der Waals surface area (Å²) in [4.78, 5) is 18.5. The molecule has 0 aromatic carbocycles. The molecule has 0 atom stereocenters. The van der Waals surface area contributed by atoms with Crippen LogP contribution >= 0.6 is 0 Å². The lowest BCUT2D eigenvalue weighted by atomic mass is 10.2. The Morgan fingerprint density at radius 3 is 2.13 bits per heavy atom. The first-order chi connectivity index (χ1) is 11.2. The Morgan fingerprint density at radius 2 is 1.52 bits per heavy atom. The zero-order valence-electron chi connectivity index (χ0n) is 14.1. The van der Waals surface area contributed by atoms with Gasteiger partial charge in [0.1, 0.15) is 0 Å². The Morgan fingerprint density at radius 1 is 0.913 bits per heavy atom. The van der Waals surface area contributed by atoms with Crippen molar-refractivity contribution >= 4 is 5.95 Å². The van der Waals surface area contributed by atoms with Gasteiger partial charge < -0.3 is 14.9 Å². The van der Waals surface area contributed by atoms with Crippen LogP contribution in [0.5, 0.6) is 0 Å². The lowest BCUT2D eigenvalue weighted by Gasteiger charge is -2.34. The van der Waals surface area contributed by atoms with Crippen LogP contribution in [0.2, 0.25) is 0 Å². The average molecular weight is 320 g/mol. The van der Waals surface area contributed by atoms with Gasteiger partial charge in [0.2, 0.25) is 5.95 Å². The molecule has 0 aliphatic carbocycles. The van der Waals surface area contributed by atoms with Crippen LogP contribution in [0.4, 0.5) is 5.95 Å². The Labute approximate surface area is 138 Å². The van der Waals surface area contributed by atoms with Gasteiger partial charge in [-0.1, -0.05) is 0 Å². The van der Waals surface area contributed by atoms with Crippen LogP contribution in [-0.4, -0.2) is 102 Å². The Balaban J connectivity index is 1.48. The van der Waals surface area contributed by atoms with Crippen LogP contribution < -0.4 is 4.90 Å². The highest BCUT2D eigenvalue weighted by molar-refractivity contribution is 5.30. The number of aliphatic hydroxyl groups excluding tert-OH is 1. The zero-order valence-corrected chi connectivity index (χ0v) is 14.1. The molecule has 1 aromatic heterocycles. The Bertz CT molecular complexity index is 466. The van der Waals surface area contributed by atoms with Gasteiger partial charge in [0, 0.05) is 83.4 Å². The fourth-order valence-corrected chi connectivity index (χ4v) is 3.17. The van der Waals surface area contributed by atoms with Crippen molar-refractivity contribution in [3.8, 4) is 0 Å². The number of piperazine rings is 2. The van der Waals surface area contributed by atoms with Gasteiger partial charge in [0.25, 0.3) is 0 Å². The highest BCUT2D eigenvalue weighted by Gasteiger charge is 2.18. The number of nitrogens with zero attached hydrogens (tertiary/aromatic N) is 6. The second kappa shape index (κ2) is 8.01. The van der Waals surface area contributed by atoms with Crippen LogP contribution in [0, 0.1) is 0 Å². The Kier molecular flexibility index (Phi) is 5.77. The van der Waals surface area contributed by atoms with E-state index in [9.17, 15) is 0 Å². The van der Waals surface area contributed by atoms with Crippen molar-refractivity contribution in [2.75, 3.05) is 77.5 Å². The van der Waals surface area contributed by atoms with Crippen LogP contribution in [0.15, 0.2) is 12.4 Å². The van der Waals surface area contributed by atoms with Crippen LogP contribution in [0.1, 0.15) is 5.56 Å². The number of aliphatic hydroxyl groups is 1. The largest absolute Gasteiger partial charge is 0.395 e. The highest BCUT2D eigenvalue weighted by Crippen LogP contribution is 2.12. The molecule has 1 N–H and O–H groups in total. The van der Waals surface area contributed by atoms with Crippen molar-refractivity contribution in [1.82, 2.24) is 24.7 Å². The molecule has 2 saturated heterocycles. The maximum atomic E-state index is 8.99. The number of anilines is 1. The second-order valence-corrected chi connectivity index (χ2v) is 6.52. The molecule has 0 amide bonds. The van der Waals surface area contributed by atoms with E-state index in [0.29, 0.717) is 0 Å². The van der Waals surface area contributed by atoms with Gasteiger partial charge >= 0.3 is 0 Å². The summed E-state index contributed by atoms with van der Waals surface area (Å²) in [6.45, 7) is 10.2. The van der Waals surface area contributed by atoms with Gasteiger partial charge in [-0.2, -0.15) is 0 Å². The monoisotopic (exact) mass is 320 g/mol. The van der Waals surface area contributed by atoms with E-state index in [1.54, 1.807) is 0 Å². The minimum Gasteiger partial charge on any atom is -0.395 e. The quantitative estimate of drug-likeness (QED) is 0.773. The first-order valence-electron chi connectivity index (χ1n) is 8.54. The average Bonchev–Trinajstić information content (AvgIpc) is 2.58. The predicted molar refractivity (Wildman–Crippen MR) is 90.5 cm³/mol. The maximum Gasteiger partial charge on any atom is 0.225 e. The molecular weight excluding hydrogens is 292 g/mol. The standard InChI is InChI=1S/C16H28N6O/c1-19-2-8-22(9-3-19)16-17-12-15(13-18-16)14-21-6-4-20(5-7-21)10-11-23/h12-13,23H,2-11,14H2,1H3. The van der Waals surface area contributed by atoms with Gasteiger partial charge in [0.15, 0.2) is 0 Å². The number of rotatable bonds is 5. The van der Waals surface area contributed by atoms with E-state index in [1.165, 1.54) is 5.56 Å². The van der Waals surface area contributed by atoms with E-state index in [1.807, 2.05) is 12.4 Å². The lowest BCUT2D eigenvalue weighted by Crippen LogP contribution is -2.46. The molecule has 7 nitrogen and oxygen atoms in total. The summed E-state index contributed by atoms with van der Waals surface area (Å²) in [7, 11) is 2.15. The van der Waals surface area contributed by atoms with E-state index in [4.69, 9.17) is 5.11 Å². The van der Waals surface area contributed by atoms with Gasteiger partial charge in [-0.3, -0.25) is 9.80 Å². The first kappa shape index (κ1) is 16.6. The number of hydrogen-bond acceptors (Lipinski definition) is 7. The van der Waals surface area contributed by atoms with E-state index in [-0.39, 0.29) is 6.61 Å². The van der Waals surface area contributed by atoms with Crippen molar-refractivity contribution in [2.45, 2.75) is 6.54 Å². The fourth-order valence-electron chi connectivity index (χ4n) is 3.17. The summed E-state index contributed by atoms with van der Waals surface area (Å²) in [5.41, 5.74) is 1.18. The molecule has 0 spiro atoms. The predicted octanol–water partition coefficient (Wildman–Crippen LogP) is -0.662. The zero-order chi connectivity index (χ0) is 16.1. The summed E-state index contributed by atoms with van der Waals surface area (Å²) in [5.74, 6) is 0.856. The molecule has 1 aromatic rings. The molecule has 2 fully saturated rings. The van der Waals surface area contributed by atoms with Crippen LogP contribution in [-0.2, 0) is 6.54 Å². The molecule has 0 bridgehead atoms. The molecule has 2 aliphatic rings. The molecule has 23 heavy (non-hydrogen) atoms. The van der Waals surface area contributed by atoms with Crippen molar-refractivity contribution in [2.24, 2.45) is 0 Å². The summed E-state index contributed by atoms with van der Waals surface area (Å²) in [6, 6.07) is 0. The molecule has 3 heterocycles. The van der Waals surface area contributed by atoms with Gasteiger partial charge in [-0.05, 0) is 7.05 Å². The lowest BCUT2D eigenvalue weighted by molar-refractivity contribution is 0.108. The fraction of sp³-hybridized carbons (Fsp3) is 0.750. The maximum absolute atomic E-state index is 8.99. The van der Waals surface area contributed by atoms with E-state index in [2.05, 4.69) is 36.6 Å². The summed E-state index contributed by atoms with van der Waals surface area (Å²) in [6.07, 6.45) is 3.95. The van der Waals surface area contributed by atoms with Crippen molar-refractivity contribution in [3.63, 3.8) is 0 Å². The van der Waals surface area contributed by atoms with E-state index >= 15 is 0 Å². The SMILES string of the molecule is CN1CCN(c2ncc(CN3CCN(CCO)CC3)cn2)CC1. The third-order valence-electron chi connectivity index (χ3n) is 4.77. The summed E-state index contributed by atoms with van der Waals surface area (Å²) < 4.78 is 0. The van der Waals surface area contributed by atoms with E-state index < -0.39 is 0 Å². The van der Waals surface area contributed by atoms with Gasteiger partial charge in [-0.15, -0.1) is 0 Å². The van der Waals surface area contributed by atoms with Gasteiger partial charge in [-0.25, -0.2) is 9.97 Å². The number of likely N-dealkylation sites (N-methyl/N-ethyl adjacent to an activating group) is 1. The molecule has 0 saturated carbocycles. The number of β-amino-alcohol motifs (C(OH)–C–C–N with tert-alkyl or cyclic N) is 1. The second-order valence-electron chi connectivity index (χ2n) is 6.52. The summed E-state index contributed by atoms with van der Waals surface area (Å²) in [5, 5.41) is 8.99. The molecule has 0 radical (unpaired) electrons. The molecular formula is C16H28N6O. The normalized spacial score (nSPS) is 21.7. The molecule has 2 aliphatic heterocycles. The smallest absolute Gasteiger partial charge is 0.225 e. The summed E-state index contributed by atoms with van der Waals surface area (Å²) >= 11 is 0. The minimum atomic E-state index is 0.252. The molecule has 7 heteroatoms. The number of hydrogen-bond donors (Lipinski definition) is 1. The molecule has 0 unspecified atom stereocenters. The third kappa shape index (κ3) is 4.60. The van der Waals surface area contributed by atoms with Crippen molar-refractivity contribution < 1.29 is 5.11 Å². The van der Waals surface area contributed by atoms with Crippen molar-refractivity contribution in [3.05, 3.63) is 18.0 Å². The number of aromatic nitrogens is 2.